The van der Waals surface area contributed by atoms with Crippen LogP contribution in [0.25, 0.3) is 0 Å². The first kappa shape index (κ1) is 16.8. The van der Waals surface area contributed by atoms with Gasteiger partial charge in [-0.05, 0) is 13.3 Å². The van der Waals surface area contributed by atoms with Gasteiger partial charge in [-0.2, -0.15) is 0 Å². The SMILES string of the molecule is CCCCNC(=O)c1sc(SCC(=O)OCC)nc1N. The zero-order valence-corrected chi connectivity index (χ0v) is 13.2. The fraction of sp³-hybridized carbons (Fsp3) is 0.583. The van der Waals surface area contributed by atoms with Crippen molar-refractivity contribution in [2.75, 3.05) is 24.6 Å². The number of esters is 1. The van der Waals surface area contributed by atoms with Crippen LogP contribution in [0.1, 0.15) is 36.4 Å². The minimum Gasteiger partial charge on any atom is -0.465 e. The highest BCUT2D eigenvalue weighted by molar-refractivity contribution is 8.01. The maximum Gasteiger partial charge on any atom is 0.316 e. The number of rotatable bonds is 8. The second-order valence-electron chi connectivity index (χ2n) is 3.90. The van der Waals surface area contributed by atoms with Crippen LogP contribution in [0.5, 0.6) is 0 Å². The van der Waals surface area contributed by atoms with Crippen LogP contribution in [0, 0.1) is 0 Å². The summed E-state index contributed by atoms with van der Waals surface area (Å²) in [6, 6.07) is 0. The largest absolute Gasteiger partial charge is 0.465 e. The molecule has 6 nitrogen and oxygen atoms in total. The molecule has 3 N–H and O–H groups in total. The highest BCUT2D eigenvalue weighted by atomic mass is 32.2. The van der Waals surface area contributed by atoms with Gasteiger partial charge in [-0.15, -0.1) is 11.3 Å². The third-order valence-corrected chi connectivity index (χ3v) is 4.46. The number of ether oxygens (including phenoxy) is 1. The molecule has 0 radical (unpaired) electrons. The summed E-state index contributed by atoms with van der Waals surface area (Å²) in [6.07, 6.45) is 1.94. The predicted octanol–water partition coefficient (Wildman–Crippen LogP) is 1.91. The molecule has 1 heterocycles. The Labute approximate surface area is 126 Å². The summed E-state index contributed by atoms with van der Waals surface area (Å²) in [6.45, 7) is 4.78. The second kappa shape index (κ2) is 8.80. The third-order valence-electron chi connectivity index (χ3n) is 2.27. The van der Waals surface area contributed by atoms with Crippen LogP contribution in [0.4, 0.5) is 5.82 Å². The lowest BCUT2D eigenvalue weighted by atomic mass is 10.3. The van der Waals surface area contributed by atoms with Gasteiger partial charge in [0.05, 0.1) is 12.4 Å². The number of hydrogen-bond acceptors (Lipinski definition) is 7. The molecule has 20 heavy (non-hydrogen) atoms. The Kier molecular flexibility index (Phi) is 7.38. The van der Waals surface area contributed by atoms with Crippen LogP contribution in [0.3, 0.4) is 0 Å². The topological polar surface area (TPSA) is 94.3 Å². The number of carbonyl (C=O) groups is 2. The number of anilines is 1. The number of hydrogen-bond donors (Lipinski definition) is 2. The maximum absolute atomic E-state index is 11.9. The normalized spacial score (nSPS) is 10.3. The smallest absolute Gasteiger partial charge is 0.316 e. The molecule has 1 rings (SSSR count). The van der Waals surface area contributed by atoms with Gasteiger partial charge in [-0.3, -0.25) is 9.59 Å². The number of carbonyl (C=O) groups excluding carboxylic acids is 2. The first-order valence-corrected chi connectivity index (χ1v) is 8.21. The zero-order chi connectivity index (χ0) is 15.0. The molecule has 0 aliphatic heterocycles. The summed E-state index contributed by atoms with van der Waals surface area (Å²) in [7, 11) is 0. The van der Waals surface area contributed by atoms with Gasteiger partial charge >= 0.3 is 5.97 Å². The molecule has 1 aromatic rings. The molecule has 0 fully saturated rings. The number of nitrogens with two attached hydrogens (primary N) is 1. The van der Waals surface area contributed by atoms with Crippen LogP contribution in [-0.4, -0.2) is 35.8 Å². The second-order valence-corrected chi connectivity index (χ2v) is 6.12. The first-order valence-electron chi connectivity index (χ1n) is 6.41. The number of thioether (sulfide) groups is 1. The van der Waals surface area contributed by atoms with E-state index >= 15 is 0 Å². The molecule has 0 aromatic carbocycles. The zero-order valence-electron chi connectivity index (χ0n) is 11.6. The molecular weight excluding hydrogens is 298 g/mol. The van der Waals surface area contributed by atoms with E-state index in [0.717, 1.165) is 12.8 Å². The van der Waals surface area contributed by atoms with Gasteiger partial charge < -0.3 is 15.8 Å². The highest BCUT2D eigenvalue weighted by Gasteiger charge is 2.16. The van der Waals surface area contributed by atoms with Crippen molar-refractivity contribution in [2.45, 2.75) is 31.0 Å². The van der Waals surface area contributed by atoms with Crippen LogP contribution < -0.4 is 11.1 Å². The molecule has 0 bridgehead atoms. The van der Waals surface area contributed by atoms with Gasteiger partial charge in [0.15, 0.2) is 4.34 Å². The molecule has 1 amide bonds. The minimum absolute atomic E-state index is 0.164. The van der Waals surface area contributed by atoms with Crippen molar-refractivity contribution in [1.29, 1.82) is 0 Å². The highest BCUT2D eigenvalue weighted by Crippen LogP contribution is 2.28. The Hall–Kier alpha value is -1.28. The van der Waals surface area contributed by atoms with E-state index < -0.39 is 0 Å². The molecule has 0 unspecified atom stereocenters. The molecule has 0 aliphatic carbocycles. The average Bonchev–Trinajstić information content (AvgIpc) is 2.78. The fourth-order valence-electron chi connectivity index (χ4n) is 1.32. The summed E-state index contributed by atoms with van der Waals surface area (Å²) in [4.78, 5) is 27.6. The summed E-state index contributed by atoms with van der Waals surface area (Å²) >= 11 is 2.41. The van der Waals surface area contributed by atoms with Crippen LogP contribution in [0.2, 0.25) is 0 Å². The van der Waals surface area contributed by atoms with Crippen LogP contribution >= 0.6 is 23.1 Å². The summed E-state index contributed by atoms with van der Waals surface area (Å²) in [5.41, 5.74) is 5.72. The lowest BCUT2D eigenvalue weighted by Gasteiger charge is -2.01. The van der Waals surface area contributed by atoms with Gasteiger partial charge in [0.1, 0.15) is 10.7 Å². The molecule has 1 aromatic heterocycles. The Balaban J connectivity index is 2.54. The molecule has 0 saturated heterocycles. The summed E-state index contributed by atoms with van der Waals surface area (Å²) in [5.74, 6) is -0.149. The maximum atomic E-state index is 11.9. The monoisotopic (exact) mass is 317 g/mol. The number of nitrogens with one attached hydrogen (secondary N) is 1. The molecule has 0 atom stereocenters. The van der Waals surface area contributed by atoms with Crippen molar-refractivity contribution >= 4 is 40.8 Å². The van der Waals surface area contributed by atoms with E-state index in [2.05, 4.69) is 17.2 Å². The Morgan fingerprint density at radius 2 is 2.20 bits per heavy atom. The molecule has 8 heteroatoms. The lowest BCUT2D eigenvalue weighted by molar-refractivity contribution is -0.139. The van der Waals surface area contributed by atoms with E-state index in [4.69, 9.17) is 10.5 Å². The Bertz CT molecular complexity index is 463. The van der Waals surface area contributed by atoms with E-state index in [1.807, 2.05) is 0 Å². The van der Waals surface area contributed by atoms with Gasteiger partial charge in [0, 0.05) is 6.54 Å². The van der Waals surface area contributed by atoms with E-state index in [1.165, 1.54) is 23.1 Å². The third kappa shape index (κ3) is 5.38. The van der Waals surface area contributed by atoms with Gasteiger partial charge in [-0.25, -0.2) is 4.98 Å². The molecule has 0 spiro atoms. The Morgan fingerprint density at radius 3 is 2.85 bits per heavy atom. The van der Waals surface area contributed by atoms with E-state index in [-0.39, 0.29) is 23.4 Å². The van der Waals surface area contributed by atoms with Gasteiger partial charge in [0.25, 0.3) is 5.91 Å². The van der Waals surface area contributed by atoms with E-state index in [0.29, 0.717) is 22.4 Å². The van der Waals surface area contributed by atoms with E-state index in [1.54, 1.807) is 6.92 Å². The summed E-state index contributed by atoms with van der Waals surface area (Å²) < 4.78 is 5.41. The van der Waals surface area contributed by atoms with Crippen LogP contribution in [-0.2, 0) is 9.53 Å². The van der Waals surface area contributed by atoms with Crippen LogP contribution in [0.15, 0.2) is 4.34 Å². The number of thiazole rings is 1. The molecule has 0 aliphatic rings. The van der Waals surface area contributed by atoms with Crippen molar-refractivity contribution in [2.24, 2.45) is 0 Å². The molecule has 0 saturated carbocycles. The standard InChI is InChI=1S/C12H19N3O3S2/c1-3-5-6-14-11(17)9-10(13)15-12(20-9)19-7-8(16)18-4-2/h3-7,13H2,1-2H3,(H,14,17). The summed E-state index contributed by atoms with van der Waals surface area (Å²) in [5, 5.41) is 2.79. The molecule has 112 valence electrons. The van der Waals surface area contributed by atoms with Crippen molar-refractivity contribution < 1.29 is 14.3 Å². The fourth-order valence-corrected chi connectivity index (χ4v) is 3.10. The molecular formula is C12H19N3O3S2. The lowest BCUT2D eigenvalue weighted by Crippen LogP contribution is -2.24. The van der Waals surface area contributed by atoms with Gasteiger partial charge in [0.2, 0.25) is 0 Å². The number of nitrogen functional groups attached to an aromatic ring is 1. The number of amides is 1. The predicted molar refractivity (Wildman–Crippen MR) is 81.1 cm³/mol. The van der Waals surface area contributed by atoms with E-state index in [9.17, 15) is 9.59 Å². The van der Waals surface area contributed by atoms with Crippen molar-refractivity contribution in [3.05, 3.63) is 4.88 Å². The quantitative estimate of drug-likeness (QED) is 0.432. The first-order chi connectivity index (χ1) is 9.58. The van der Waals surface area contributed by atoms with Crippen molar-refractivity contribution in [3.8, 4) is 0 Å². The number of aromatic nitrogens is 1. The minimum atomic E-state index is -0.305. The number of nitrogens with zero attached hydrogens (tertiary/aromatic N) is 1. The van der Waals surface area contributed by atoms with Crippen molar-refractivity contribution in [1.82, 2.24) is 10.3 Å². The number of unbranched alkanes of at least 4 members (excludes halogenated alkanes) is 1. The van der Waals surface area contributed by atoms with Gasteiger partial charge in [-0.1, -0.05) is 25.1 Å². The Morgan fingerprint density at radius 1 is 1.45 bits per heavy atom. The van der Waals surface area contributed by atoms with Crippen molar-refractivity contribution in [3.63, 3.8) is 0 Å². The average molecular weight is 317 g/mol.